The number of nitrogens with zero attached hydrogens (tertiary/aromatic N) is 2. The zero-order valence-corrected chi connectivity index (χ0v) is 14.5. The summed E-state index contributed by atoms with van der Waals surface area (Å²) in [5, 5.41) is 5.99. The summed E-state index contributed by atoms with van der Waals surface area (Å²) in [5.74, 6) is 1.03. The maximum Gasteiger partial charge on any atom is 0.123 e. The third-order valence-corrected chi connectivity index (χ3v) is 5.40. The lowest BCUT2D eigenvalue weighted by Gasteiger charge is -2.33. The number of aryl methyl sites for hydroxylation is 1. The third-order valence-electron chi connectivity index (χ3n) is 5.40. The highest BCUT2D eigenvalue weighted by Gasteiger charge is 2.24. The second-order valence-electron chi connectivity index (χ2n) is 7.25. The van der Waals surface area contributed by atoms with Gasteiger partial charge >= 0.3 is 0 Å². The van der Waals surface area contributed by atoms with Crippen molar-refractivity contribution in [1.82, 2.24) is 15.2 Å². The fourth-order valence-corrected chi connectivity index (χ4v) is 3.97. The highest BCUT2D eigenvalue weighted by molar-refractivity contribution is 5.84. The molecule has 0 unspecified atom stereocenters. The molecule has 2 aliphatic heterocycles. The molecule has 1 aromatic carbocycles. The molecule has 128 valence electrons. The zero-order valence-electron chi connectivity index (χ0n) is 14.5. The molecule has 4 nitrogen and oxygen atoms in total. The quantitative estimate of drug-likeness (QED) is 0.937. The van der Waals surface area contributed by atoms with E-state index in [0.29, 0.717) is 12.1 Å². The number of benzene rings is 1. The van der Waals surface area contributed by atoms with Crippen molar-refractivity contribution in [3.8, 4) is 5.75 Å². The Kier molecular flexibility index (Phi) is 4.67. The molecule has 4 heteroatoms. The van der Waals surface area contributed by atoms with Crippen LogP contribution >= 0.6 is 0 Å². The van der Waals surface area contributed by atoms with Gasteiger partial charge in [0, 0.05) is 43.5 Å². The van der Waals surface area contributed by atoms with E-state index in [4.69, 9.17) is 4.74 Å². The molecule has 2 aliphatic rings. The van der Waals surface area contributed by atoms with Crippen molar-refractivity contribution in [3.63, 3.8) is 0 Å². The molecule has 3 heterocycles. The number of pyridine rings is 1. The predicted octanol–water partition coefficient (Wildman–Crippen LogP) is 3.14. The molecule has 0 aliphatic carbocycles. The Labute approximate surface area is 144 Å². The van der Waals surface area contributed by atoms with Crippen LogP contribution in [0.25, 0.3) is 10.8 Å². The highest BCUT2D eigenvalue weighted by atomic mass is 16.5. The van der Waals surface area contributed by atoms with E-state index in [9.17, 15) is 0 Å². The summed E-state index contributed by atoms with van der Waals surface area (Å²) in [6.45, 7) is 6.83. The Bertz CT molecular complexity index is 688. The van der Waals surface area contributed by atoms with Crippen LogP contribution in [0.3, 0.4) is 0 Å². The van der Waals surface area contributed by atoms with Crippen LogP contribution < -0.4 is 10.1 Å². The largest absolute Gasteiger partial charge is 0.490 e. The number of hydrogen-bond donors (Lipinski definition) is 1. The average Bonchev–Trinajstić information content (AvgIpc) is 3.10. The molecule has 0 saturated carbocycles. The maximum absolute atomic E-state index is 6.35. The normalized spacial score (nSPS) is 23.0. The molecule has 2 saturated heterocycles. The Morgan fingerprint density at radius 3 is 2.88 bits per heavy atom. The lowest BCUT2D eigenvalue weighted by atomic mass is 10.1. The third kappa shape index (κ3) is 3.55. The molecule has 0 spiro atoms. The first-order chi connectivity index (χ1) is 11.8. The fraction of sp³-hybridized carbons (Fsp3) is 0.550. The molecule has 0 radical (unpaired) electrons. The molecule has 2 aromatic rings. The van der Waals surface area contributed by atoms with Crippen molar-refractivity contribution < 1.29 is 4.74 Å². The van der Waals surface area contributed by atoms with Gasteiger partial charge in [0.2, 0.25) is 0 Å². The van der Waals surface area contributed by atoms with Crippen molar-refractivity contribution in [2.75, 3.05) is 26.2 Å². The van der Waals surface area contributed by atoms with Crippen LogP contribution in [0.5, 0.6) is 5.75 Å². The lowest BCUT2D eigenvalue weighted by Crippen LogP contribution is -2.44. The number of piperidine rings is 1. The van der Waals surface area contributed by atoms with E-state index in [1.807, 2.05) is 12.4 Å². The van der Waals surface area contributed by atoms with Crippen molar-refractivity contribution >= 4 is 10.8 Å². The SMILES string of the molecule is Cc1cc2cnccc2cc1OC1CCN(C[C@H]2CCCN2)CC1. The van der Waals surface area contributed by atoms with Gasteiger partial charge in [-0.05, 0) is 68.3 Å². The van der Waals surface area contributed by atoms with E-state index < -0.39 is 0 Å². The number of aromatic nitrogens is 1. The summed E-state index contributed by atoms with van der Waals surface area (Å²) < 4.78 is 6.35. The second-order valence-corrected chi connectivity index (χ2v) is 7.25. The molecular formula is C20H27N3O. The summed E-state index contributed by atoms with van der Waals surface area (Å²) in [7, 11) is 0. The maximum atomic E-state index is 6.35. The molecule has 2 fully saturated rings. The van der Waals surface area contributed by atoms with Crippen LogP contribution in [0, 0.1) is 6.92 Å². The number of rotatable bonds is 4. The van der Waals surface area contributed by atoms with Crippen molar-refractivity contribution in [1.29, 1.82) is 0 Å². The van der Waals surface area contributed by atoms with Gasteiger partial charge < -0.3 is 15.0 Å². The summed E-state index contributed by atoms with van der Waals surface area (Å²) in [4.78, 5) is 6.80. The number of likely N-dealkylation sites (tertiary alicyclic amines) is 1. The van der Waals surface area contributed by atoms with Gasteiger partial charge in [0.05, 0.1) is 0 Å². The molecule has 0 bridgehead atoms. The number of hydrogen-bond acceptors (Lipinski definition) is 4. The van der Waals surface area contributed by atoms with Crippen LogP contribution in [0.15, 0.2) is 30.6 Å². The molecular weight excluding hydrogens is 298 g/mol. The van der Waals surface area contributed by atoms with E-state index >= 15 is 0 Å². The molecule has 1 atom stereocenters. The first-order valence-electron chi connectivity index (χ1n) is 9.25. The van der Waals surface area contributed by atoms with Crippen LogP contribution in [-0.2, 0) is 0 Å². The summed E-state index contributed by atoms with van der Waals surface area (Å²) >= 11 is 0. The van der Waals surface area contributed by atoms with Gasteiger partial charge in [-0.1, -0.05) is 0 Å². The van der Waals surface area contributed by atoms with Gasteiger partial charge in [0.15, 0.2) is 0 Å². The molecule has 4 rings (SSSR count). The van der Waals surface area contributed by atoms with E-state index in [-0.39, 0.29) is 0 Å². The number of ether oxygens (including phenoxy) is 1. The van der Waals surface area contributed by atoms with E-state index in [2.05, 4.69) is 40.3 Å². The second kappa shape index (κ2) is 7.08. The van der Waals surface area contributed by atoms with Gasteiger partial charge in [-0.15, -0.1) is 0 Å². The van der Waals surface area contributed by atoms with Crippen molar-refractivity contribution in [2.45, 2.75) is 44.8 Å². The van der Waals surface area contributed by atoms with E-state index in [0.717, 1.165) is 31.7 Å². The number of fused-ring (bicyclic) bond motifs is 1. The van der Waals surface area contributed by atoms with Gasteiger partial charge in [0.25, 0.3) is 0 Å². The molecule has 1 aromatic heterocycles. The van der Waals surface area contributed by atoms with Gasteiger partial charge in [0.1, 0.15) is 11.9 Å². The Morgan fingerprint density at radius 2 is 2.08 bits per heavy atom. The van der Waals surface area contributed by atoms with Crippen LogP contribution in [-0.4, -0.2) is 48.2 Å². The van der Waals surface area contributed by atoms with Crippen molar-refractivity contribution in [3.05, 3.63) is 36.2 Å². The topological polar surface area (TPSA) is 37.4 Å². The van der Waals surface area contributed by atoms with Gasteiger partial charge in [-0.2, -0.15) is 0 Å². The van der Waals surface area contributed by atoms with E-state index in [1.54, 1.807) is 0 Å². The van der Waals surface area contributed by atoms with E-state index in [1.165, 1.54) is 42.3 Å². The Morgan fingerprint density at radius 1 is 1.21 bits per heavy atom. The summed E-state index contributed by atoms with van der Waals surface area (Å²) in [6.07, 6.45) is 9.03. The Hall–Kier alpha value is -1.65. The summed E-state index contributed by atoms with van der Waals surface area (Å²) in [5.41, 5.74) is 1.20. The fourth-order valence-electron chi connectivity index (χ4n) is 3.97. The predicted molar refractivity (Wildman–Crippen MR) is 97.6 cm³/mol. The van der Waals surface area contributed by atoms with Crippen LogP contribution in [0.4, 0.5) is 0 Å². The zero-order chi connectivity index (χ0) is 16.4. The van der Waals surface area contributed by atoms with Crippen molar-refractivity contribution in [2.24, 2.45) is 0 Å². The Balaban J connectivity index is 1.35. The summed E-state index contributed by atoms with van der Waals surface area (Å²) in [6, 6.07) is 7.11. The first kappa shape index (κ1) is 15.9. The lowest BCUT2D eigenvalue weighted by molar-refractivity contribution is 0.0955. The number of nitrogens with one attached hydrogen (secondary N) is 1. The molecule has 1 N–H and O–H groups in total. The minimum absolute atomic E-state index is 0.343. The minimum atomic E-state index is 0.343. The monoisotopic (exact) mass is 325 g/mol. The van der Waals surface area contributed by atoms with Gasteiger partial charge in [-0.25, -0.2) is 0 Å². The standard InChI is InChI=1S/C20H27N3O/c1-15-11-17-13-21-8-4-16(17)12-20(15)24-19-5-9-23(10-6-19)14-18-3-2-7-22-18/h4,8,11-13,18-19,22H,2-3,5-7,9-10,14H2,1H3/t18-/m1/s1. The minimum Gasteiger partial charge on any atom is -0.490 e. The molecule has 24 heavy (non-hydrogen) atoms. The van der Waals surface area contributed by atoms with Gasteiger partial charge in [-0.3, -0.25) is 4.98 Å². The van der Waals surface area contributed by atoms with Crippen LogP contribution in [0.2, 0.25) is 0 Å². The first-order valence-corrected chi connectivity index (χ1v) is 9.25. The molecule has 0 amide bonds. The van der Waals surface area contributed by atoms with Crippen LogP contribution in [0.1, 0.15) is 31.2 Å². The average molecular weight is 325 g/mol. The highest BCUT2D eigenvalue weighted by Crippen LogP contribution is 2.27. The smallest absolute Gasteiger partial charge is 0.123 e.